The molecule has 1 aromatic carbocycles. The smallest absolute Gasteiger partial charge is 0.230 e. The summed E-state index contributed by atoms with van der Waals surface area (Å²) in [4.78, 5) is 8.58. The standard InChI is InChI=1S/C18H22N4O2S/c1-3-14-19-18-22(20-14)17(23)16(25-18)15(21-9-4-5-10-21)12-7-6-8-13(11-12)24-2/h6-8,11,15,23H,3-5,9-10H2,1-2H3. The molecule has 3 aromatic rings. The van der Waals surface area contributed by atoms with E-state index in [9.17, 15) is 5.11 Å². The number of methoxy groups -OCH3 is 1. The van der Waals surface area contributed by atoms with Crippen LogP contribution in [0.25, 0.3) is 4.96 Å². The number of aromatic nitrogens is 3. The molecular weight excluding hydrogens is 336 g/mol. The van der Waals surface area contributed by atoms with E-state index in [0.717, 1.165) is 46.5 Å². The average Bonchev–Trinajstić information content (AvgIpc) is 3.35. The number of fused-ring (bicyclic) bond motifs is 1. The Hall–Kier alpha value is -2.12. The number of likely N-dealkylation sites (tertiary alicyclic amines) is 1. The van der Waals surface area contributed by atoms with Crippen molar-refractivity contribution in [2.24, 2.45) is 0 Å². The summed E-state index contributed by atoms with van der Waals surface area (Å²) < 4.78 is 6.97. The molecule has 0 saturated carbocycles. The predicted octanol–water partition coefficient (Wildman–Crippen LogP) is 3.25. The zero-order valence-corrected chi connectivity index (χ0v) is 15.3. The molecule has 0 aliphatic carbocycles. The highest BCUT2D eigenvalue weighted by Gasteiger charge is 2.31. The van der Waals surface area contributed by atoms with Crippen molar-refractivity contribution >= 4 is 16.3 Å². The monoisotopic (exact) mass is 358 g/mol. The predicted molar refractivity (Wildman–Crippen MR) is 97.6 cm³/mol. The highest BCUT2D eigenvalue weighted by molar-refractivity contribution is 7.17. The molecule has 0 amide bonds. The number of hydrogen-bond donors (Lipinski definition) is 1. The molecule has 0 radical (unpaired) electrons. The van der Waals surface area contributed by atoms with E-state index in [1.807, 2.05) is 19.1 Å². The lowest BCUT2D eigenvalue weighted by atomic mass is 10.0. The van der Waals surface area contributed by atoms with Gasteiger partial charge < -0.3 is 9.84 Å². The maximum absolute atomic E-state index is 10.8. The SMILES string of the molecule is CCc1nc2sc(C(c3cccc(OC)c3)N3CCCC3)c(O)n2n1. The molecule has 132 valence electrons. The summed E-state index contributed by atoms with van der Waals surface area (Å²) in [7, 11) is 1.68. The normalized spacial score (nSPS) is 16.6. The fraction of sp³-hybridized carbons (Fsp3) is 0.444. The Morgan fingerprint density at radius 3 is 2.80 bits per heavy atom. The van der Waals surface area contributed by atoms with Crippen LogP contribution in [0.15, 0.2) is 24.3 Å². The largest absolute Gasteiger partial charge is 0.497 e. The van der Waals surface area contributed by atoms with Crippen molar-refractivity contribution in [2.75, 3.05) is 20.2 Å². The first kappa shape index (κ1) is 16.4. The molecule has 2 aromatic heterocycles. The van der Waals surface area contributed by atoms with E-state index in [1.165, 1.54) is 24.2 Å². The molecule has 1 N–H and O–H groups in total. The maximum Gasteiger partial charge on any atom is 0.230 e. The lowest BCUT2D eigenvalue weighted by molar-refractivity contribution is 0.276. The molecule has 0 bridgehead atoms. The highest BCUT2D eigenvalue weighted by Crippen LogP contribution is 2.41. The first-order valence-corrected chi connectivity index (χ1v) is 9.48. The molecule has 1 aliphatic heterocycles. The molecule has 1 unspecified atom stereocenters. The van der Waals surface area contributed by atoms with Gasteiger partial charge in [0.1, 0.15) is 5.75 Å². The second kappa shape index (κ2) is 6.65. The third-order valence-electron chi connectivity index (χ3n) is 4.72. The van der Waals surface area contributed by atoms with Crippen molar-refractivity contribution in [1.29, 1.82) is 0 Å². The Bertz CT molecular complexity index is 882. The summed E-state index contributed by atoms with van der Waals surface area (Å²) in [6.07, 6.45) is 3.12. The molecule has 6 nitrogen and oxygen atoms in total. The lowest BCUT2D eigenvalue weighted by Gasteiger charge is -2.27. The Morgan fingerprint density at radius 1 is 1.32 bits per heavy atom. The van der Waals surface area contributed by atoms with E-state index in [-0.39, 0.29) is 11.9 Å². The van der Waals surface area contributed by atoms with Crippen LogP contribution < -0.4 is 4.74 Å². The fourth-order valence-corrected chi connectivity index (χ4v) is 4.59. The fourth-order valence-electron chi connectivity index (χ4n) is 3.46. The van der Waals surface area contributed by atoms with Gasteiger partial charge in [0.25, 0.3) is 0 Å². The summed E-state index contributed by atoms with van der Waals surface area (Å²) in [6, 6.07) is 8.09. The van der Waals surface area contributed by atoms with E-state index < -0.39 is 0 Å². The number of aryl methyl sites for hydroxylation is 1. The summed E-state index contributed by atoms with van der Waals surface area (Å²) in [5.41, 5.74) is 1.12. The van der Waals surface area contributed by atoms with Crippen molar-refractivity contribution in [3.05, 3.63) is 40.5 Å². The van der Waals surface area contributed by atoms with Crippen molar-refractivity contribution < 1.29 is 9.84 Å². The highest BCUT2D eigenvalue weighted by atomic mass is 32.1. The second-order valence-corrected chi connectivity index (χ2v) is 7.30. The van der Waals surface area contributed by atoms with Crippen LogP contribution in [-0.4, -0.2) is 44.8 Å². The van der Waals surface area contributed by atoms with Crippen LogP contribution in [0.1, 0.15) is 42.1 Å². The van der Waals surface area contributed by atoms with Crippen LogP contribution in [0.2, 0.25) is 0 Å². The topological polar surface area (TPSA) is 62.9 Å². The molecule has 1 fully saturated rings. The van der Waals surface area contributed by atoms with Gasteiger partial charge in [-0.1, -0.05) is 30.4 Å². The summed E-state index contributed by atoms with van der Waals surface area (Å²) in [5, 5.41) is 15.2. The number of benzene rings is 1. The van der Waals surface area contributed by atoms with Crippen molar-refractivity contribution in [3.63, 3.8) is 0 Å². The summed E-state index contributed by atoms with van der Waals surface area (Å²) >= 11 is 1.52. The summed E-state index contributed by atoms with van der Waals surface area (Å²) in [6.45, 7) is 4.06. The third-order valence-corrected chi connectivity index (χ3v) is 5.80. The van der Waals surface area contributed by atoms with Crippen LogP contribution in [0.5, 0.6) is 11.6 Å². The Labute approximate surface area is 150 Å². The molecule has 3 heterocycles. The van der Waals surface area contributed by atoms with Gasteiger partial charge in [-0.3, -0.25) is 4.90 Å². The zero-order valence-electron chi connectivity index (χ0n) is 14.5. The molecule has 25 heavy (non-hydrogen) atoms. The van der Waals surface area contributed by atoms with Crippen molar-refractivity contribution in [2.45, 2.75) is 32.2 Å². The van der Waals surface area contributed by atoms with Gasteiger partial charge in [-0.2, -0.15) is 4.52 Å². The Balaban J connectivity index is 1.82. The van der Waals surface area contributed by atoms with Crippen LogP contribution in [0, 0.1) is 0 Å². The van der Waals surface area contributed by atoms with Gasteiger partial charge in [-0.15, -0.1) is 5.10 Å². The van der Waals surface area contributed by atoms with Crippen LogP contribution in [-0.2, 0) is 6.42 Å². The number of rotatable bonds is 5. The van der Waals surface area contributed by atoms with Gasteiger partial charge in [0.05, 0.1) is 18.0 Å². The van der Waals surface area contributed by atoms with Crippen LogP contribution in [0.4, 0.5) is 0 Å². The van der Waals surface area contributed by atoms with Gasteiger partial charge in [0.2, 0.25) is 10.8 Å². The van der Waals surface area contributed by atoms with E-state index in [2.05, 4.69) is 27.1 Å². The van der Waals surface area contributed by atoms with E-state index in [4.69, 9.17) is 4.74 Å². The molecule has 1 atom stereocenters. The third kappa shape index (κ3) is 2.87. The number of nitrogens with zero attached hydrogens (tertiary/aromatic N) is 4. The molecule has 1 saturated heterocycles. The minimum absolute atomic E-state index is 0.00354. The van der Waals surface area contributed by atoms with Crippen molar-refractivity contribution in [3.8, 4) is 11.6 Å². The van der Waals surface area contributed by atoms with Crippen LogP contribution in [0.3, 0.4) is 0 Å². The average molecular weight is 358 g/mol. The number of ether oxygens (including phenoxy) is 1. The van der Waals surface area contributed by atoms with Gasteiger partial charge in [0.15, 0.2) is 5.82 Å². The lowest BCUT2D eigenvalue weighted by Crippen LogP contribution is -2.26. The number of thiazole rings is 1. The zero-order chi connectivity index (χ0) is 17.4. The molecule has 7 heteroatoms. The molecule has 0 spiro atoms. The van der Waals surface area contributed by atoms with Gasteiger partial charge in [-0.25, -0.2) is 4.98 Å². The first-order chi connectivity index (χ1) is 12.2. The summed E-state index contributed by atoms with van der Waals surface area (Å²) in [5.74, 6) is 1.79. The number of hydrogen-bond acceptors (Lipinski definition) is 6. The molecule has 1 aliphatic rings. The van der Waals surface area contributed by atoms with E-state index in [0.29, 0.717) is 0 Å². The minimum Gasteiger partial charge on any atom is -0.497 e. The maximum atomic E-state index is 10.8. The van der Waals surface area contributed by atoms with Gasteiger partial charge >= 0.3 is 0 Å². The van der Waals surface area contributed by atoms with E-state index >= 15 is 0 Å². The second-order valence-electron chi connectivity index (χ2n) is 6.29. The van der Waals surface area contributed by atoms with Crippen molar-refractivity contribution in [1.82, 2.24) is 19.5 Å². The van der Waals surface area contributed by atoms with Gasteiger partial charge in [-0.05, 0) is 43.6 Å². The Kier molecular flexibility index (Phi) is 4.35. The van der Waals surface area contributed by atoms with Crippen LogP contribution >= 0.6 is 11.3 Å². The van der Waals surface area contributed by atoms with Gasteiger partial charge in [0, 0.05) is 6.42 Å². The molecular formula is C18H22N4O2S. The molecule has 4 rings (SSSR count). The minimum atomic E-state index is -0.00354. The first-order valence-electron chi connectivity index (χ1n) is 8.66. The Morgan fingerprint density at radius 2 is 2.12 bits per heavy atom. The number of aromatic hydroxyl groups is 1. The van der Waals surface area contributed by atoms with E-state index in [1.54, 1.807) is 11.6 Å². The quantitative estimate of drug-likeness (QED) is 0.758.